The smallest absolute Gasteiger partial charge is 0.305 e. The molecule has 0 aliphatic heterocycles. The molecule has 4 aromatic rings. The van der Waals surface area contributed by atoms with Crippen molar-refractivity contribution in [2.75, 3.05) is 7.11 Å². The molecule has 0 atom stereocenters. The molecule has 8 heteroatoms. The van der Waals surface area contributed by atoms with Crippen molar-refractivity contribution >= 4 is 38.9 Å². The number of rotatable bonds is 7. The molecule has 3 heterocycles. The Morgan fingerprint density at radius 2 is 2.03 bits per heavy atom. The Labute approximate surface area is 180 Å². The van der Waals surface area contributed by atoms with E-state index in [2.05, 4.69) is 0 Å². The zero-order valence-electron chi connectivity index (χ0n) is 16.3. The molecule has 30 heavy (non-hydrogen) atoms. The monoisotopic (exact) mass is 442 g/mol. The van der Waals surface area contributed by atoms with Gasteiger partial charge in [0.25, 0.3) is 5.56 Å². The van der Waals surface area contributed by atoms with Crippen LogP contribution in [0.1, 0.15) is 24.2 Å². The van der Waals surface area contributed by atoms with E-state index in [-0.39, 0.29) is 30.2 Å². The average molecular weight is 443 g/mol. The van der Waals surface area contributed by atoms with Crippen molar-refractivity contribution in [1.29, 1.82) is 0 Å². The molecule has 1 aromatic carbocycles. The van der Waals surface area contributed by atoms with E-state index < -0.39 is 0 Å². The third kappa shape index (κ3) is 4.06. The summed E-state index contributed by atoms with van der Waals surface area (Å²) >= 11 is 2.97. The fourth-order valence-corrected chi connectivity index (χ4v) is 5.11. The van der Waals surface area contributed by atoms with E-state index in [9.17, 15) is 14.0 Å². The molecular formula is C22H19FN2O3S2. The van der Waals surface area contributed by atoms with Crippen LogP contribution in [0.4, 0.5) is 4.39 Å². The zero-order chi connectivity index (χ0) is 21.1. The second-order valence-corrected chi connectivity index (χ2v) is 8.55. The van der Waals surface area contributed by atoms with Crippen molar-refractivity contribution < 1.29 is 13.9 Å². The first-order chi connectivity index (χ1) is 14.6. The van der Waals surface area contributed by atoms with Crippen molar-refractivity contribution in [2.45, 2.75) is 25.8 Å². The molecule has 154 valence electrons. The van der Waals surface area contributed by atoms with E-state index in [1.54, 1.807) is 34.1 Å². The zero-order valence-corrected chi connectivity index (χ0v) is 17.9. The molecule has 5 nitrogen and oxygen atoms in total. The lowest BCUT2D eigenvalue weighted by Crippen LogP contribution is -2.26. The third-order valence-corrected chi connectivity index (χ3v) is 6.63. The first-order valence-electron chi connectivity index (χ1n) is 9.43. The van der Waals surface area contributed by atoms with Gasteiger partial charge in [-0.3, -0.25) is 14.2 Å². The molecule has 0 amide bonds. The predicted molar refractivity (Wildman–Crippen MR) is 118 cm³/mol. The van der Waals surface area contributed by atoms with Crippen LogP contribution in [-0.4, -0.2) is 22.6 Å². The summed E-state index contributed by atoms with van der Waals surface area (Å²) in [7, 11) is 1.34. The highest BCUT2D eigenvalue weighted by Crippen LogP contribution is 2.34. The molecule has 0 saturated carbocycles. The first-order valence-corrected chi connectivity index (χ1v) is 11.2. The normalized spacial score (nSPS) is 11.1. The van der Waals surface area contributed by atoms with Gasteiger partial charge in [-0.2, -0.15) is 0 Å². The lowest BCUT2D eigenvalue weighted by Gasteiger charge is -2.13. The molecule has 0 fully saturated rings. The molecule has 4 rings (SSSR count). The minimum Gasteiger partial charge on any atom is -0.469 e. The second-order valence-electron chi connectivity index (χ2n) is 6.74. The predicted octanol–water partition coefficient (Wildman–Crippen LogP) is 4.87. The number of fused-ring (bicyclic) bond motifs is 1. The number of hydrogen-bond donors (Lipinski definition) is 0. The molecule has 0 aliphatic rings. The Morgan fingerprint density at radius 3 is 2.77 bits per heavy atom. The Balaban J connectivity index is 1.80. The van der Waals surface area contributed by atoms with E-state index in [4.69, 9.17) is 9.72 Å². The van der Waals surface area contributed by atoms with E-state index in [1.807, 2.05) is 22.9 Å². The molecule has 0 N–H and O–H groups in total. The van der Waals surface area contributed by atoms with Crippen LogP contribution in [0.3, 0.4) is 0 Å². The van der Waals surface area contributed by atoms with Crippen molar-refractivity contribution in [3.8, 4) is 10.4 Å². The number of thiophene rings is 2. The summed E-state index contributed by atoms with van der Waals surface area (Å²) in [5.74, 6) is -0.178. The van der Waals surface area contributed by atoms with Gasteiger partial charge in [0.05, 0.1) is 12.5 Å². The highest BCUT2D eigenvalue weighted by atomic mass is 32.1. The van der Waals surface area contributed by atoms with Gasteiger partial charge in [0.15, 0.2) is 0 Å². The van der Waals surface area contributed by atoms with Gasteiger partial charge in [-0.1, -0.05) is 24.3 Å². The van der Waals surface area contributed by atoms with Gasteiger partial charge >= 0.3 is 5.97 Å². The van der Waals surface area contributed by atoms with Crippen LogP contribution in [0.5, 0.6) is 0 Å². The van der Waals surface area contributed by atoms with Crippen LogP contribution in [0.25, 0.3) is 20.7 Å². The Hall–Kier alpha value is -2.84. The van der Waals surface area contributed by atoms with Gasteiger partial charge in [-0.15, -0.1) is 22.7 Å². The Bertz CT molecular complexity index is 1250. The maximum absolute atomic E-state index is 14.2. The maximum atomic E-state index is 14.2. The molecule has 0 unspecified atom stereocenters. The number of esters is 1. The van der Waals surface area contributed by atoms with Gasteiger partial charge in [0.1, 0.15) is 16.5 Å². The summed E-state index contributed by atoms with van der Waals surface area (Å²) in [5.41, 5.74) is 1.17. The second kappa shape index (κ2) is 8.89. The quantitative estimate of drug-likeness (QED) is 0.383. The van der Waals surface area contributed by atoms with Crippen molar-refractivity contribution in [2.24, 2.45) is 0 Å². The lowest BCUT2D eigenvalue weighted by molar-refractivity contribution is -0.140. The molecular weight excluding hydrogens is 423 g/mol. The summed E-state index contributed by atoms with van der Waals surface area (Å²) in [6.45, 7) is 0.306. The number of halogens is 1. The number of ether oxygens (including phenoxy) is 1. The highest BCUT2D eigenvalue weighted by molar-refractivity contribution is 7.18. The fraction of sp³-hybridized carbons (Fsp3) is 0.227. The third-order valence-electron chi connectivity index (χ3n) is 4.86. The van der Waals surface area contributed by atoms with E-state index in [0.29, 0.717) is 34.6 Å². The van der Waals surface area contributed by atoms with Crippen LogP contribution in [-0.2, 0) is 22.5 Å². The molecule has 0 bridgehead atoms. The van der Waals surface area contributed by atoms with Gasteiger partial charge in [0.2, 0.25) is 0 Å². The standard InChI is InChI=1S/C22H19FN2O3S2/c1-28-19(26)9-4-10-25-18(12-14-6-2-3-7-16(14)23)24-21-20(22(25)27)15(13-30-21)17-8-5-11-29-17/h2-3,5-8,11,13H,4,9-10,12H2,1H3. The summed E-state index contributed by atoms with van der Waals surface area (Å²) in [6, 6.07) is 10.4. The van der Waals surface area contributed by atoms with E-state index in [0.717, 1.165) is 10.4 Å². The van der Waals surface area contributed by atoms with Crippen LogP contribution in [0.15, 0.2) is 52.0 Å². The van der Waals surface area contributed by atoms with Crippen molar-refractivity contribution in [3.05, 3.63) is 74.7 Å². The van der Waals surface area contributed by atoms with Gasteiger partial charge in [-0.05, 0) is 29.5 Å². The van der Waals surface area contributed by atoms with Crippen molar-refractivity contribution in [1.82, 2.24) is 9.55 Å². The SMILES string of the molecule is COC(=O)CCCn1c(Cc2ccccc2F)nc2scc(-c3cccs3)c2c1=O. The topological polar surface area (TPSA) is 61.2 Å². The number of methoxy groups -OCH3 is 1. The average Bonchev–Trinajstić information content (AvgIpc) is 3.41. The van der Waals surface area contributed by atoms with Crippen molar-refractivity contribution in [3.63, 3.8) is 0 Å². The minimum atomic E-state index is -0.335. The molecule has 0 saturated heterocycles. The summed E-state index contributed by atoms with van der Waals surface area (Å²) < 4.78 is 20.5. The summed E-state index contributed by atoms with van der Waals surface area (Å²) in [5, 5.41) is 4.47. The number of benzene rings is 1. The number of hydrogen-bond acceptors (Lipinski definition) is 6. The molecule has 0 radical (unpaired) electrons. The molecule has 0 spiro atoms. The number of nitrogens with zero attached hydrogens (tertiary/aromatic N) is 2. The number of aromatic nitrogens is 2. The number of carbonyl (C=O) groups excluding carboxylic acids is 1. The van der Waals surface area contributed by atoms with Crippen LogP contribution in [0.2, 0.25) is 0 Å². The highest BCUT2D eigenvalue weighted by Gasteiger charge is 2.18. The van der Waals surface area contributed by atoms with Crippen LogP contribution >= 0.6 is 22.7 Å². The molecule has 0 aliphatic carbocycles. The fourth-order valence-electron chi connectivity index (χ4n) is 3.34. The van der Waals surface area contributed by atoms with Gasteiger partial charge in [-0.25, -0.2) is 9.37 Å². The number of carbonyl (C=O) groups is 1. The largest absolute Gasteiger partial charge is 0.469 e. The Morgan fingerprint density at radius 1 is 1.20 bits per heavy atom. The van der Waals surface area contributed by atoms with Crippen LogP contribution < -0.4 is 5.56 Å². The minimum absolute atomic E-state index is 0.166. The van der Waals surface area contributed by atoms with Crippen LogP contribution in [0, 0.1) is 5.82 Å². The Kier molecular flexibility index (Phi) is 6.06. The van der Waals surface area contributed by atoms with E-state index >= 15 is 0 Å². The molecule has 3 aromatic heterocycles. The lowest BCUT2D eigenvalue weighted by atomic mass is 10.1. The first kappa shape index (κ1) is 20.4. The van der Waals surface area contributed by atoms with E-state index in [1.165, 1.54) is 24.5 Å². The van der Waals surface area contributed by atoms with Gasteiger partial charge < -0.3 is 4.74 Å². The maximum Gasteiger partial charge on any atom is 0.305 e. The summed E-state index contributed by atoms with van der Waals surface area (Å²) in [4.78, 5) is 31.4. The van der Waals surface area contributed by atoms with Gasteiger partial charge in [0, 0.05) is 35.2 Å². The summed E-state index contributed by atoms with van der Waals surface area (Å²) in [6.07, 6.45) is 0.826.